The molecule has 0 bridgehead atoms. The number of piperidine rings is 1. The highest BCUT2D eigenvalue weighted by Gasteiger charge is 2.24. The molecule has 1 aromatic rings. The van der Waals surface area contributed by atoms with Crippen LogP contribution in [0.2, 0.25) is 0 Å². The number of halogens is 1. The Balaban J connectivity index is 2.14. The first kappa shape index (κ1) is 11.4. The van der Waals surface area contributed by atoms with Crippen LogP contribution >= 0.6 is 0 Å². The van der Waals surface area contributed by atoms with E-state index in [1.165, 1.54) is 6.07 Å². The molecule has 2 rings (SSSR count). The fourth-order valence-corrected chi connectivity index (χ4v) is 2.43. The average molecular weight is 222 g/mol. The van der Waals surface area contributed by atoms with Crippen molar-refractivity contribution in [1.29, 1.82) is 0 Å². The molecule has 0 amide bonds. The summed E-state index contributed by atoms with van der Waals surface area (Å²) in [7, 11) is 0. The number of hydrogen-bond donors (Lipinski definition) is 1. The monoisotopic (exact) mass is 222 g/mol. The molecule has 0 aliphatic carbocycles. The normalized spacial score (nSPS) is 25.8. The molecule has 1 aliphatic rings. The van der Waals surface area contributed by atoms with Gasteiger partial charge in [-0.2, -0.15) is 0 Å². The summed E-state index contributed by atoms with van der Waals surface area (Å²) in [4.78, 5) is 2.20. The fraction of sp³-hybridized carbons (Fsp3) is 0.538. The van der Waals surface area contributed by atoms with Gasteiger partial charge in [-0.3, -0.25) is 0 Å². The molecule has 3 heteroatoms. The number of nitrogens with two attached hydrogens (primary N) is 1. The van der Waals surface area contributed by atoms with Crippen molar-refractivity contribution in [3.05, 3.63) is 30.1 Å². The van der Waals surface area contributed by atoms with Gasteiger partial charge in [0.15, 0.2) is 0 Å². The molecule has 0 radical (unpaired) electrons. The topological polar surface area (TPSA) is 29.3 Å². The quantitative estimate of drug-likeness (QED) is 0.832. The Kier molecular flexibility index (Phi) is 3.44. The molecule has 1 fully saturated rings. The second-order valence-electron chi connectivity index (χ2n) is 4.65. The van der Waals surface area contributed by atoms with Gasteiger partial charge in [0.25, 0.3) is 0 Å². The van der Waals surface area contributed by atoms with Gasteiger partial charge in [-0.15, -0.1) is 0 Å². The maximum atomic E-state index is 13.1. The summed E-state index contributed by atoms with van der Waals surface area (Å²) >= 11 is 0. The van der Waals surface area contributed by atoms with E-state index in [0.29, 0.717) is 5.92 Å². The van der Waals surface area contributed by atoms with Crippen molar-refractivity contribution < 1.29 is 4.39 Å². The van der Waals surface area contributed by atoms with Crippen molar-refractivity contribution in [2.24, 2.45) is 11.7 Å². The van der Waals surface area contributed by atoms with Crippen LogP contribution in [0.4, 0.5) is 10.1 Å². The molecule has 1 heterocycles. The maximum absolute atomic E-state index is 13.1. The van der Waals surface area contributed by atoms with Crippen LogP contribution in [-0.2, 0) is 0 Å². The van der Waals surface area contributed by atoms with Crippen molar-refractivity contribution in [3.8, 4) is 0 Å². The van der Waals surface area contributed by atoms with Gasteiger partial charge in [0.1, 0.15) is 5.82 Å². The lowest BCUT2D eigenvalue weighted by Crippen LogP contribution is -2.47. The zero-order chi connectivity index (χ0) is 11.5. The highest BCUT2D eigenvalue weighted by Crippen LogP contribution is 2.24. The highest BCUT2D eigenvalue weighted by molar-refractivity contribution is 5.47. The summed E-state index contributed by atoms with van der Waals surface area (Å²) in [5.74, 6) is 0.455. The van der Waals surface area contributed by atoms with Gasteiger partial charge in [-0.25, -0.2) is 4.39 Å². The fourth-order valence-electron chi connectivity index (χ4n) is 2.43. The molecule has 16 heavy (non-hydrogen) atoms. The molecule has 1 aromatic carbocycles. The molecule has 88 valence electrons. The van der Waals surface area contributed by atoms with Crippen LogP contribution in [-0.4, -0.2) is 19.1 Å². The summed E-state index contributed by atoms with van der Waals surface area (Å²) in [6, 6.07) is 6.98. The van der Waals surface area contributed by atoms with Crippen LogP contribution in [0, 0.1) is 11.7 Å². The molecule has 1 saturated heterocycles. The van der Waals surface area contributed by atoms with E-state index in [9.17, 15) is 4.39 Å². The van der Waals surface area contributed by atoms with E-state index in [2.05, 4.69) is 11.8 Å². The Morgan fingerprint density at radius 2 is 2.25 bits per heavy atom. The maximum Gasteiger partial charge on any atom is 0.125 e. The van der Waals surface area contributed by atoms with Crippen molar-refractivity contribution in [2.75, 3.05) is 18.0 Å². The van der Waals surface area contributed by atoms with Crippen molar-refractivity contribution in [2.45, 2.75) is 25.8 Å². The van der Waals surface area contributed by atoms with E-state index >= 15 is 0 Å². The molecule has 2 unspecified atom stereocenters. The minimum atomic E-state index is -0.176. The molecule has 0 spiro atoms. The van der Waals surface area contributed by atoms with Crippen molar-refractivity contribution in [3.63, 3.8) is 0 Å². The predicted octanol–water partition coefficient (Wildman–Crippen LogP) is 2.39. The predicted molar refractivity (Wildman–Crippen MR) is 65.0 cm³/mol. The average Bonchev–Trinajstić information content (AvgIpc) is 2.28. The lowest BCUT2D eigenvalue weighted by Gasteiger charge is -2.37. The van der Waals surface area contributed by atoms with Crippen molar-refractivity contribution >= 4 is 5.69 Å². The number of anilines is 1. The van der Waals surface area contributed by atoms with E-state index < -0.39 is 0 Å². The number of benzene rings is 1. The van der Waals surface area contributed by atoms with Crippen LogP contribution in [0.5, 0.6) is 0 Å². The summed E-state index contributed by atoms with van der Waals surface area (Å²) in [5, 5.41) is 0. The molecule has 0 saturated carbocycles. The number of nitrogens with zero attached hydrogens (tertiary/aromatic N) is 1. The smallest absolute Gasteiger partial charge is 0.125 e. The van der Waals surface area contributed by atoms with Gasteiger partial charge in [0.05, 0.1) is 0 Å². The lowest BCUT2D eigenvalue weighted by molar-refractivity contribution is 0.367. The number of hydrogen-bond acceptors (Lipinski definition) is 2. The second-order valence-corrected chi connectivity index (χ2v) is 4.65. The molecular weight excluding hydrogens is 203 g/mol. The SMILES string of the molecule is CCC1CC(N)CN(c2cccc(F)c2)C1. The zero-order valence-electron chi connectivity index (χ0n) is 9.70. The first-order valence-corrected chi connectivity index (χ1v) is 5.95. The largest absolute Gasteiger partial charge is 0.370 e. The Morgan fingerprint density at radius 3 is 2.94 bits per heavy atom. The standard InChI is InChI=1S/C13H19FN2/c1-2-10-6-12(15)9-16(8-10)13-5-3-4-11(14)7-13/h3-5,7,10,12H,2,6,8-9,15H2,1H3. The van der Waals surface area contributed by atoms with Gasteiger partial charge in [0, 0.05) is 24.8 Å². The minimum absolute atomic E-state index is 0.176. The zero-order valence-corrected chi connectivity index (χ0v) is 9.70. The van der Waals surface area contributed by atoms with Crippen LogP contribution < -0.4 is 10.6 Å². The van der Waals surface area contributed by atoms with Crippen LogP contribution in [0.15, 0.2) is 24.3 Å². The van der Waals surface area contributed by atoms with E-state index in [4.69, 9.17) is 5.73 Å². The van der Waals surface area contributed by atoms with Crippen LogP contribution in [0.3, 0.4) is 0 Å². The van der Waals surface area contributed by atoms with Gasteiger partial charge >= 0.3 is 0 Å². The van der Waals surface area contributed by atoms with Crippen molar-refractivity contribution in [1.82, 2.24) is 0 Å². The lowest BCUT2D eigenvalue weighted by atomic mass is 9.92. The Hall–Kier alpha value is -1.09. The highest BCUT2D eigenvalue weighted by atomic mass is 19.1. The van der Waals surface area contributed by atoms with E-state index in [1.807, 2.05) is 6.07 Å². The van der Waals surface area contributed by atoms with E-state index in [1.54, 1.807) is 12.1 Å². The van der Waals surface area contributed by atoms with E-state index in [0.717, 1.165) is 31.6 Å². The van der Waals surface area contributed by atoms with Crippen LogP contribution in [0.25, 0.3) is 0 Å². The second kappa shape index (κ2) is 4.83. The number of rotatable bonds is 2. The third-order valence-corrected chi connectivity index (χ3v) is 3.32. The third kappa shape index (κ3) is 2.53. The van der Waals surface area contributed by atoms with Gasteiger partial charge in [-0.05, 0) is 30.5 Å². The Labute approximate surface area is 96.2 Å². The molecule has 0 aromatic heterocycles. The van der Waals surface area contributed by atoms with Crippen LogP contribution in [0.1, 0.15) is 19.8 Å². The third-order valence-electron chi connectivity index (χ3n) is 3.32. The first-order chi connectivity index (χ1) is 7.69. The summed E-state index contributed by atoms with van der Waals surface area (Å²) in [5.41, 5.74) is 6.98. The first-order valence-electron chi connectivity index (χ1n) is 5.95. The summed E-state index contributed by atoms with van der Waals surface area (Å²) < 4.78 is 13.1. The Morgan fingerprint density at radius 1 is 1.44 bits per heavy atom. The molecular formula is C13H19FN2. The molecule has 2 N–H and O–H groups in total. The van der Waals surface area contributed by atoms with Gasteiger partial charge in [0.2, 0.25) is 0 Å². The van der Waals surface area contributed by atoms with Gasteiger partial charge < -0.3 is 10.6 Å². The Bertz CT molecular complexity index is 354. The van der Waals surface area contributed by atoms with Gasteiger partial charge in [-0.1, -0.05) is 19.4 Å². The minimum Gasteiger partial charge on any atom is -0.370 e. The molecule has 2 nitrogen and oxygen atoms in total. The molecule has 1 aliphatic heterocycles. The molecule has 2 atom stereocenters. The summed E-state index contributed by atoms with van der Waals surface area (Å²) in [6.07, 6.45) is 2.22. The van der Waals surface area contributed by atoms with E-state index in [-0.39, 0.29) is 11.9 Å². The summed E-state index contributed by atoms with van der Waals surface area (Å²) in [6.45, 7) is 4.01.